The molecular formula is C21H24N4O6S. The van der Waals surface area contributed by atoms with Crippen LogP contribution in [0.3, 0.4) is 0 Å². The van der Waals surface area contributed by atoms with Crippen molar-refractivity contribution in [2.45, 2.75) is 18.6 Å². The molecule has 10 nitrogen and oxygen atoms in total. The number of anilines is 1. The van der Waals surface area contributed by atoms with E-state index in [4.69, 9.17) is 9.47 Å². The highest BCUT2D eigenvalue weighted by atomic mass is 32.2. The van der Waals surface area contributed by atoms with Gasteiger partial charge in [0, 0.05) is 37.9 Å². The van der Waals surface area contributed by atoms with E-state index >= 15 is 0 Å². The monoisotopic (exact) mass is 460 g/mol. The molecule has 0 spiro atoms. The van der Waals surface area contributed by atoms with Crippen LogP contribution in [0.5, 0.6) is 0 Å². The summed E-state index contributed by atoms with van der Waals surface area (Å²) in [7, 11) is -2.85. The minimum atomic E-state index is -4.35. The van der Waals surface area contributed by atoms with E-state index in [0.717, 1.165) is 5.56 Å². The molecule has 3 heterocycles. The molecule has 0 saturated heterocycles. The van der Waals surface area contributed by atoms with Gasteiger partial charge in [0.15, 0.2) is 11.1 Å². The number of carboxylic acids is 1. The molecule has 0 aliphatic heterocycles. The second-order valence-electron chi connectivity index (χ2n) is 6.97. The Labute approximate surface area is 185 Å². The number of fused-ring (bicyclic) bond motifs is 1. The lowest BCUT2D eigenvalue weighted by molar-refractivity contribution is -0.136. The summed E-state index contributed by atoms with van der Waals surface area (Å²) in [6, 6.07) is 8.89. The van der Waals surface area contributed by atoms with E-state index in [2.05, 4.69) is 19.7 Å². The molecule has 170 valence electrons. The lowest BCUT2D eigenvalue weighted by atomic mass is 10.1. The molecule has 32 heavy (non-hydrogen) atoms. The molecule has 0 saturated carbocycles. The third-order valence-corrected chi connectivity index (χ3v) is 6.35. The van der Waals surface area contributed by atoms with E-state index in [1.54, 1.807) is 30.5 Å². The third-order valence-electron chi connectivity index (χ3n) is 4.68. The average Bonchev–Trinajstić information content (AvgIpc) is 2.75. The summed E-state index contributed by atoms with van der Waals surface area (Å²) in [5, 5.41) is 8.43. The van der Waals surface area contributed by atoms with Gasteiger partial charge in [-0.3, -0.25) is 19.5 Å². The molecule has 0 amide bonds. The van der Waals surface area contributed by atoms with Crippen LogP contribution in [-0.4, -0.2) is 66.6 Å². The number of carboxylic acid groups (broad SMARTS) is 1. The number of rotatable bonds is 11. The third kappa shape index (κ3) is 5.55. The van der Waals surface area contributed by atoms with Gasteiger partial charge in [-0.1, -0.05) is 12.1 Å². The molecule has 11 heteroatoms. The van der Waals surface area contributed by atoms with Crippen LogP contribution in [0.1, 0.15) is 12.0 Å². The summed E-state index contributed by atoms with van der Waals surface area (Å²) in [6.45, 7) is 2.37. The van der Waals surface area contributed by atoms with E-state index < -0.39 is 21.2 Å². The first-order chi connectivity index (χ1) is 15.3. The quantitative estimate of drug-likeness (QED) is 0.412. The fourth-order valence-electron chi connectivity index (χ4n) is 3.08. The van der Waals surface area contributed by atoms with Crippen LogP contribution in [-0.2, 0) is 24.3 Å². The molecule has 0 radical (unpaired) electrons. The summed E-state index contributed by atoms with van der Waals surface area (Å²) in [5.41, 5.74) is 2.18. The van der Waals surface area contributed by atoms with Crippen LogP contribution in [0.2, 0.25) is 0 Å². The van der Waals surface area contributed by atoms with Crippen LogP contribution < -0.4 is 4.72 Å². The standard InChI is InChI=1S/C21H24N4O6S/c1-14-5-3-8-22-18(14)16-13-15-6-4-9-23-19(15)20(24-16)25-32(28,29)17(21(26)27)7-10-31-12-11-30-2/h3-6,8-9,13,17H,7,10-12H2,1-2H3,(H,24,25)(H,26,27). The number of aliphatic carboxylic acids is 1. The number of methoxy groups -OCH3 is 1. The minimum absolute atomic E-state index is 0.0547. The van der Waals surface area contributed by atoms with Gasteiger partial charge in [0.25, 0.3) is 0 Å². The summed E-state index contributed by atoms with van der Waals surface area (Å²) in [5.74, 6) is -1.54. The first-order valence-corrected chi connectivity index (χ1v) is 11.4. The number of carbonyl (C=O) groups is 1. The van der Waals surface area contributed by atoms with E-state index in [9.17, 15) is 18.3 Å². The first-order valence-electron chi connectivity index (χ1n) is 9.82. The van der Waals surface area contributed by atoms with Crippen molar-refractivity contribution in [1.82, 2.24) is 15.0 Å². The maximum atomic E-state index is 13.0. The molecule has 1 unspecified atom stereocenters. The summed E-state index contributed by atoms with van der Waals surface area (Å²) < 4.78 is 38.4. The predicted octanol–water partition coefficient (Wildman–Crippen LogP) is 2.25. The average molecular weight is 461 g/mol. The molecular weight excluding hydrogens is 436 g/mol. The number of hydrogen-bond acceptors (Lipinski definition) is 8. The Bertz CT molecular complexity index is 1200. The van der Waals surface area contributed by atoms with Gasteiger partial charge in [-0.25, -0.2) is 13.4 Å². The molecule has 0 aliphatic rings. The Morgan fingerprint density at radius 3 is 2.62 bits per heavy atom. The highest BCUT2D eigenvalue weighted by Gasteiger charge is 2.33. The van der Waals surface area contributed by atoms with Crippen molar-refractivity contribution >= 4 is 32.7 Å². The topological polar surface area (TPSA) is 141 Å². The number of hydrogen-bond donors (Lipinski definition) is 2. The first kappa shape index (κ1) is 23.5. The Morgan fingerprint density at radius 1 is 1.16 bits per heavy atom. The van der Waals surface area contributed by atoms with Crippen LogP contribution in [0.15, 0.2) is 42.7 Å². The fraction of sp³-hybridized carbons (Fsp3) is 0.333. The van der Waals surface area contributed by atoms with Crippen LogP contribution in [0.4, 0.5) is 5.82 Å². The molecule has 2 N–H and O–H groups in total. The van der Waals surface area contributed by atoms with Crippen molar-refractivity contribution in [3.8, 4) is 11.4 Å². The summed E-state index contributed by atoms with van der Waals surface area (Å²) in [4.78, 5) is 24.7. The maximum Gasteiger partial charge on any atom is 0.323 e. The van der Waals surface area contributed by atoms with Crippen molar-refractivity contribution in [1.29, 1.82) is 0 Å². The Balaban J connectivity index is 1.95. The number of aromatic nitrogens is 3. The van der Waals surface area contributed by atoms with Gasteiger partial charge in [-0.15, -0.1) is 0 Å². The van der Waals surface area contributed by atoms with Gasteiger partial charge in [0.05, 0.1) is 24.6 Å². The maximum absolute atomic E-state index is 13.0. The van der Waals surface area contributed by atoms with Gasteiger partial charge in [0.1, 0.15) is 5.52 Å². The van der Waals surface area contributed by atoms with E-state index in [-0.39, 0.29) is 25.5 Å². The molecule has 3 aromatic heterocycles. The predicted molar refractivity (Wildman–Crippen MR) is 119 cm³/mol. The number of aryl methyl sites for hydroxylation is 1. The van der Waals surface area contributed by atoms with Gasteiger partial charge >= 0.3 is 5.97 Å². The van der Waals surface area contributed by atoms with Gasteiger partial charge < -0.3 is 14.6 Å². The lowest BCUT2D eigenvalue weighted by Gasteiger charge is -2.16. The number of pyridine rings is 3. The van der Waals surface area contributed by atoms with Gasteiger partial charge in [-0.05, 0) is 30.7 Å². The van der Waals surface area contributed by atoms with Crippen molar-refractivity contribution < 1.29 is 27.8 Å². The Kier molecular flexibility index (Phi) is 7.67. The zero-order valence-electron chi connectivity index (χ0n) is 17.7. The van der Waals surface area contributed by atoms with E-state index in [1.165, 1.54) is 13.3 Å². The molecule has 0 aromatic carbocycles. The highest BCUT2D eigenvalue weighted by Crippen LogP contribution is 2.28. The fourth-order valence-corrected chi connectivity index (χ4v) is 4.31. The highest BCUT2D eigenvalue weighted by molar-refractivity contribution is 7.94. The lowest BCUT2D eigenvalue weighted by Crippen LogP contribution is -2.36. The van der Waals surface area contributed by atoms with Crippen LogP contribution in [0, 0.1) is 6.92 Å². The van der Waals surface area contributed by atoms with Crippen LogP contribution >= 0.6 is 0 Å². The number of sulfonamides is 1. The van der Waals surface area contributed by atoms with Crippen molar-refractivity contribution in [3.05, 3.63) is 48.3 Å². The molecule has 3 aromatic rings. The van der Waals surface area contributed by atoms with Crippen molar-refractivity contribution in [2.75, 3.05) is 31.7 Å². The Morgan fingerprint density at radius 2 is 1.91 bits per heavy atom. The van der Waals surface area contributed by atoms with Crippen LogP contribution in [0.25, 0.3) is 22.3 Å². The molecule has 0 fully saturated rings. The van der Waals surface area contributed by atoms with Crippen molar-refractivity contribution in [2.24, 2.45) is 0 Å². The van der Waals surface area contributed by atoms with Gasteiger partial charge in [-0.2, -0.15) is 0 Å². The Hall–Kier alpha value is -3.15. The molecule has 3 rings (SSSR count). The number of nitrogens with zero attached hydrogens (tertiary/aromatic N) is 3. The smallest absolute Gasteiger partial charge is 0.323 e. The van der Waals surface area contributed by atoms with Gasteiger partial charge in [0.2, 0.25) is 10.0 Å². The normalized spacial score (nSPS) is 12.6. The largest absolute Gasteiger partial charge is 0.480 e. The molecule has 1 atom stereocenters. The minimum Gasteiger partial charge on any atom is -0.480 e. The zero-order chi connectivity index (χ0) is 23.1. The SMILES string of the molecule is COCCOCCC(C(=O)O)S(=O)(=O)Nc1nc(-c2ncccc2C)cc2cccnc12. The molecule has 0 aliphatic carbocycles. The summed E-state index contributed by atoms with van der Waals surface area (Å²) >= 11 is 0. The second kappa shape index (κ2) is 10.4. The van der Waals surface area contributed by atoms with Crippen molar-refractivity contribution in [3.63, 3.8) is 0 Å². The molecule has 0 bridgehead atoms. The van der Waals surface area contributed by atoms with E-state index in [0.29, 0.717) is 28.9 Å². The van der Waals surface area contributed by atoms with E-state index in [1.807, 2.05) is 13.0 Å². The number of nitrogens with one attached hydrogen (secondary N) is 1. The zero-order valence-corrected chi connectivity index (χ0v) is 18.5. The summed E-state index contributed by atoms with van der Waals surface area (Å²) in [6.07, 6.45) is 2.88. The second-order valence-corrected chi connectivity index (χ2v) is 8.83. The number of ether oxygens (including phenoxy) is 2.